The summed E-state index contributed by atoms with van der Waals surface area (Å²) in [6, 6.07) is -0.0693. The van der Waals surface area contributed by atoms with Crippen LogP contribution in [-0.4, -0.2) is 62.7 Å². The molecule has 2 aliphatic rings. The van der Waals surface area contributed by atoms with Gasteiger partial charge in [-0.05, 0) is 19.3 Å². The van der Waals surface area contributed by atoms with Gasteiger partial charge in [-0.15, -0.1) is 0 Å². The quantitative estimate of drug-likeness (QED) is 0.744. The minimum Gasteiger partial charge on any atom is -0.378 e. The number of ether oxygens (including phenoxy) is 1. The molecule has 134 valence electrons. The number of carbonyl (C=O) groups excluding carboxylic acids is 1. The lowest BCUT2D eigenvalue weighted by Gasteiger charge is -2.51. The van der Waals surface area contributed by atoms with Crippen LogP contribution in [0.4, 0.5) is 4.79 Å². The van der Waals surface area contributed by atoms with E-state index in [1.54, 1.807) is 4.90 Å². The first-order valence-corrected chi connectivity index (χ1v) is 10.5. The molecule has 3 atom stereocenters. The first-order chi connectivity index (χ1) is 10.7. The van der Waals surface area contributed by atoms with E-state index in [-0.39, 0.29) is 23.6 Å². The highest BCUT2D eigenvalue weighted by molar-refractivity contribution is 7.91. The third-order valence-electron chi connectivity index (χ3n) is 5.33. The fraction of sp³-hybridized carbons (Fsp3) is 0.938. The molecule has 1 aliphatic carbocycles. The minimum atomic E-state index is -3.08. The Morgan fingerprint density at radius 3 is 2.61 bits per heavy atom. The van der Waals surface area contributed by atoms with Crippen molar-refractivity contribution in [3.8, 4) is 0 Å². The molecule has 2 rings (SSSR count). The molecule has 1 saturated carbocycles. The van der Waals surface area contributed by atoms with E-state index in [0.29, 0.717) is 19.5 Å². The molecule has 1 N–H and O–H groups in total. The van der Waals surface area contributed by atoms with Gasteiger partial charge in [-0.25, -0.2) is 13.2 Å². The highest BCUT2D eigenvalue weighted by atomic mass is 32.2. The summed E-state index contributed by atoms with van der Waals surface area (Å²) in [6.07, 6.45) is 4.96. The Hall–Kier alpha value is -0.820. The molecular weight excluding hydrogens is 316 g/mol. The lowest BCUT2D eigenvalue weighted by molar-refractivity contribution is -0.115. The Bertz CT molecular complexity index is 532. The molecule has 2 amide bonds. The van der Waals surface area contributed by atoms with E-state index in [9.17, 15) is 13.2 Å². The summed E-state index contributed by atoms with van der Waals surface area (Å²) < 4.78 is 29.1. The summed E-state index contributed by atoms with van der Waals surface area (Å²) >= 11 is 0. The molecule has 0 aromatic carbocycles. The summed E-state index contributed by atoms with van der Waals surface area (Å²) in [5.74, 6) is 0. The predicted octanol–water partition coefficient (Wildman–Crippen LogP) is 1.80. The number of unbranched alkanes of at least 4 members (excludes halogenated alkanes) is 1. The molecule has 1 saturated heterocycles. The average Bonchev–Trinajstić information content (AvgIpc) is 2.95. The van der Waals surface area contributed by atoms with Gasteiger partial charge in [0, 0.05) is 37.4 Å². The van der Waals surface area contributed by atoms with Crippen molar-refractivity contribution >= 4 is 15.9 Å². The number of hydrogen-bond donors (Lipinski definition) is 1. The van der Waals surface area contributed by atoms with E-state index in [1.807, 2.05) is 0 Å². The van der Waals surface area contributed by atoms with Gasteiger partial charge in [0.05, 0.1) is 11.4 Å². The van der Waals surface area contributed by atoms with Gasteiger partial charge in [0.2, 0.25) is 0 Å². The van der Waals surface area contributed by atoms with Crippen molar-refractivity contribution in [1.29, 1.82) is 0 Å². The van der Waals surface area contributed by atoms with Crippen molar-refractivity contribution in [2.45, 2.75) is 63.9 Å². The Balaban J connectivity index is 1.81. The number of sulfone groups is 1. The maximum atomic E-state index is 12.4. The van der Waals surface area contributed by atoms with E-state index in [0.717, 1.165) is 25.9 Å². The second-order valence-corrected chi connectivity index (χ2v) is 9.78. The minimum absolute atomic E-state index is 0.0823. The topological polar surface area (TPSA) is 75.7 Å². The number of hydrogen-bond acceptors (Lipinski definition) is 4. The van der Waals surface area contributed by atoms with Crippen LogP contribution in [-0.2, 0) is 14.6 Å². The number of urea groups is 1. The van der Waals surface area contributed by atoms with Crippen molar-refractivity contribution in [1.82, 2.24) is 10.2 Å². The van der Waals surface area contributed by atoms with Crippen LogP contribution >= 0.6 is 0 Å². The molecule has 6 nitrogen and oxygen atoms in total. The highest BCUT2D eigenvalue weighted by Gasteiger charge is 2.50. The van der Waals surface area contributed by atoms with Gasteiger partial charge >= 0.3 is 6.03 Å². The maximum absolute atomic E-state index is 12.4. The summed E-state index contributed by atoms with van der Waals surface area (Å²) in [4.78, 5) is 14.0. The largest absolute Gasteiger partial charge is 0.378 e. The smallest absolute Gasteiger partial charge is 0.317 e. The molecule has 2 fully saturated rings. The lowest BCUT2D eigenvalue weighted by Crippen LogP contribution is -2.63. The van der Waals surface area contributed by atoms with Crippen LogP contribution in [0.15, 0.2) is 0 Å². The first-order valence-electron chi connectivity index (χ1n) is 8.52. The lowest BCUT2D eigenvalue weighted by atomic mass is 9.64. The first kappa shape index (κ1) is 18.5. The monoisotopic (exact) mass is 346 g/mol. The summed E-state index contributed by atoms with van der Waals surface area (Å²) in [5, 5.41) is 2.63. The fourth-order valence-electron chi connectivity index (χ4n) is 3.29. The summed E-state index contributed by atoms with van der Waals surface area (Å²) in [7, 11) is -3.08. The average molecular weight is 346 g/mol. The Morgan fingerprint density at radius 2 is 2.09 bits per heavy atom. The van der Waals surface area contributed by atoms with Crippen molar-refractivity contribution in [2.75, 3.05) is 26.0 Å². The molecule has 0 aromatic heterocycles. The zero-order chi connectivity index (χ0) is 17.3. The summed E-state index contributed by atoms with van der Waals surface area (Å²) in [6.45, 7) is 7.94. The van der Waals surface area contributed by atoms with E-state index in [2.05, 4.69) is 26.1 Å². The third kappa shape index (κ3) is 4.18. The number of carbonyl (C=O) groups is 1. The van der Waals surface area contributed by atoms with Gasteiger partial charge in [0.1, 0.15) is 0 Å². The molecule has 23 heavy (non-hydrogen) atoms. The van der Waals surface area contributed by atoms with Crippen LogP contribution in [0.2, 0.25) is 0 Å². The number of rotatable bonds is 6. The predicted molar refractivity (Wildman–Crippen MR) is 90.2 cm³/mol. The van der Waals surface area contributed by atoms with E-state index < -0.39 is 15.1 Å². The Kier molecular flexibility index (Phi) is 5.61. The van der Waals surface area contributed by atoms with Crippen molar-refractivity contribution in [3.05, 3.63) is 0 Å². The van der Waals surface area contributed by atoms with Crippen LogP contribution < -0.4 is 5.32 Å². The highest BCUT2D eigenvalue weighted by Crippen LogP contribution is 2.43. The van der Waals surface area contributed by atoms with E-state index in [1.165, 1.54) is 6.26 Å². The van der Waals surface area contributed by atoms with E-state index in [4.69, 9.17) is 4.74 Å². The normalized spacial score (nSPS) is 30.1. The van der Waals surface area contributed by atoms with Crippen LogP contribution in [0.3, 0.4) is 0 Å². The molecule has 7 heteroatoms. The number of nitrogens with zero attached hydrogens (tertiary/aromatic N) is 1. The molecule has 1 aliphatic heterocycles. The molecule has 0 bridgehead atoms. The molecule has 0 spiro atoms. The Morgan fingerprint density at radius 1 is 1.39 bits per heavy atom. The summed E-state index contributed by atoms with van der Waals surface area (Å²) in [5.41, 5.74) is -0.0840. The van der Waals surface area contributed by atoms with Gasteiger partial charge < -0.3 is 15.0 Å². The van der Waals surface area contributed by atoms with Gasteiger partial charge in [0.25, 0.3) is 0 Å². The SMILES string of the molecule is CCCCO[C@@H]1C[C@@H](NC(=O)N2CC[C@H](S(C)(=O)=O)C2)C1(C)C. The van der Waals surface area contributed by atoms with Crippen molar-refractivity contribution in [3.63, 3.8) is 0 Å². The maximum Gasteiger partial charge on any atom is 0.317 e. The van der Waals surface area contributed by atoms with Crippen molar-refractivity contribution in [2.24, 2.45) is 5.41 Å². The standard InChI is InChI=1S/C16H30N2O4S/c1-5-6-9-22-14-10-13(16(14,2)3)17-15(19)18-8-7-12(11-18)23(4,20)21/h12-14H,5-11H2,1-4H3,(H,17,19)/t12-,13+,14+/m0/s1. The fourth-order valence-corrected chi connectivity index (χ4v) is 4.27. The van der Waals surface area contributed by atoms with Gasteiger partial charge in [-0.1, -0.05) is 27.2 Å². The second kappa shape index (κ2) is 6.97. The third-order valence-corrected chi connectivity index (χ3v) is 6.93. The Labute approximate surface area is 139 Å². The second-order valence-electron chi connectivity index (χ2n) is 7.46. The van der Waals surface area contributed by atoms with Crippen LogP contribution in [0.5, 0.6) is 0 Å². The number of amides is 2. The zero-order valence-corrected chi connectivity index (χ0v) is 15.5. The molecule has 0 aromatic rings. The van der Waals surface area contributed by atoms with Crippen LogP contribution in [0.1, 0.15) is 46.5 Å². The van der Waals surface area contributed by atoms with Gasteiger partial charge in [0.15, 0.2) is 9.84 Å². The van der Waals surface area contributed by atoms with E-state index >= 15 is 0 Å². The van der Waals surface area contributed by atoms with Crippen LogP contribution in [0.25, 0.3) is 0 Å². The molecular formula is C16H30N2O4S. The zero-order valence-electron chi connectivity index (χ0n) is 14.7. The van der Waals surface area contributed by atoms with Crippen molar-refractivity contribution < 1.29 is 17.9 Å². The number of nitrogens with one attached hydrogen (secondary N) is 1. The van der Waals surface area contributed by atoms with Gasteiger partial charge in [-0.2, -0.15) is 0 Å². The molecule has 1 heterocycles. The van der Waals surface area contributed by atoms with Crippen LogP contribution in [0, 0.1) is 5.41 Å². The molecule has 0 unspecified atom stereocenters. The van der Waals surface area contributed by atoms with Gasteiger partial charge in [-0.3, -0.25) is 0 Å². The molecule has 0 radical (unpaired) electrons. The number of likely N-dealkylation sites (tertiary alicyclic amines) is 1.